The number of nitrogens with zero attached hydrogens (tertiary/aromatic N) is 2. The lowest BCUT2D eigenvalue weighted by Crippen LogP contribution is -2.30. The molecule has 2 heterocycles. The third-order valence-electron chi connectivity index (χ3n) is 11.6. The van der Waals surface area contributed by atoms with Crippen LogP contribution < -0.4 is 9.64 Å². The molecular weight excluding hydrogens is 633 g/mol. The number of allylic oxidation sites excluding steroid dienone is 6. The highest BCUT2D eigenvalue weighted by Crippen LogP contribution is 2.51. The van der Waals surface area contributed by atoms with Crippen LogP contribution in [0, 0.1) is 5.41 Å². The van der Waals surface area contributed by atoms with Crippen molar-refractivity contribution in [3.05, 3.63) is 161 Å². The van der Waals surface area contributed by atoms with Crippen LogP contribution >= 0.6 is 0 Å². The molecule has 8 rings (SSSR count). The Labute approximate surface area is 310 Å². The number of hydrogen-bond donors (Lipinski definition) is 0. The predicted octanol–water partition coefficient (Wildman–Crippen LogP) is 11.9. The number of ether oxygens (including phenoxy) is 1. The van der Waals surface area contributed by atoms with E-state index in [0.29, 0.717) is 6.61 Å². The molecule has 5 aromatic carbocycles. The Morgan fingerprint density at radius 2 is 1.35 bits per heavy atom. The Kier molecular flexibility index (Phi) is 8.37. The zero-order valence-corrected chi connectivity index (χ0v) is 31.8. The minimum atomic E-state index is -0.171. The van der Waals surface area contributed by atoms with Crippen LogP contribution in [0.25, 0.3) is 21.9 Å². The molecule has 3 aliphatic rings. The summed E-state index contributed by atoms with van der Waals surface area (Å²) in [6, 6.07) is 41.4. The predicted molar refractivity (Wildman–Crippen MR) is 219 cm³/mol. The van der Waals surface area contributed by atoms with Gasteiger partial charge in [0.25, 0.3) is 0 Å². The summed E-state index contributed by atoms with van der Waals surface area (Å²) in [6.45, 7) is 15.7. The van der Waals surface area contributed by atoms with E-state index >= 15 is 0 Å². The Morgan fingerprint density at radius 1 is 0.673 bits per heavy atom. The van der Waals surface area contributed by atoms with Gasteiger partial charge in [0.2, 0.25) is 5.69 Å². The molecule has 0 aromatic heterocycles. The monoisotopic (exact) mass is 683 g/mol. The van der Waals surface area contributed by atoms with Crippen LogP contribution in [-0.2, 0) is 10.8 Å². The highest BCUT2D eigenvalue weighted by Gasteiger charge is 2.44. The van der Waals surface area contributed by atoms with Gasteiger partial charge < -0.3 is 9.64 Å². The van der Waals surface area contributed by atoms with Crippen molar-refractivity contribution in [2.45, 2.75) is 65.2 Å². The SMILES string of the molecule is C[N+]1=C(C=C2C=C(C=C3N(CCOc4ccccc4)c4cc(-c5ccccc5)ccc4C3(C)C)CC(C)(C)C2)C(C)(C)c2cc3ccccc3cc21. The van der Waals surface area contributed by atoms with E-state index in [1.807, 2.05) is 30.3 Å². The first-order valence-electron chi connectivity index (χ1n) is 18.8. The highest BCUT2D eigenvalue weighted by molar-refractivity contribution is 6.05. The van der Waals surface area contributed by atoms with E-state index in [2.05, 4.69) is 161 Å². The fraction of sp³-hybridized carbons (Fsp3) is 0.286. The topological polar surface area (TPSA) is 15.5 Å². The maximum absolute atomic E-state index is 6.31. The Hall–Kier alpha value is -5.15. The van der Waals surface area contributed by atoms with Gasteiger partial charge in [-0.05, 0) is 101 Å². The van der Waals surface area contributed by atoms with Crippen LogP contribution in [0.15, 0.2) is 150 Å². The molecule has 262 valence electrons. The summed E-state index contributed by atoms with van der Waals surface area (Å²) < 4.78 is 8.74. The average Bonchev–Trinajstić information content (AvgIpc) is 3.44. The van der Waals surface area contributed by atoms with Crippen LogP contribution in [0.3, 0.4) is 0 Å². The lowest BCUT2D eigenvalue weighted by atomic mass is 9.73. The Balaban J connectivity index is 1.19. The van der Waals surface area contributed by atoms with Crippen molar-refractivity contribution < 1.29 is 9.31 Å². The van der Waals surface area contributed by atoms with Crippen molar-refractivity contribution in [1.29, 1.82) is 0 Å². The van der Waals surface area contributed by atoms with E-state index in [9.17, 15) is 0 Å². The molecule has 0 saturated heterocycles. The van der Waals surface area contributed by atoms with Gasteiger partial charge in [0, 0.05) is 34.5 Å². The van der Waals surface area contributed by atoms with Crippen LogP contribution in [0.2, 0.25) is 0 Å². The van der Waals surface area contributed by atoms with E-state index in [-0.39, 0.29) is 16.2 Å². The average molecular weight is 684 g/mol. The molecule has 0 saturated carbocycles. The summed E-state index contributed by atoms with van der Waals surface area (Å²) >= 11 is 0. The van der Waals surface area contributed by atoms with Crippen LogP contribution in [0.1, 0.15) is 65.5 Å². The van der Waals surface area contributed by atoms with Crippen molar-refractivity contribution in [3.8, 4) is 16.9 Å². The molecule has 0 fully saturated rings. The zero-order valence-electron chi connectivity index (χ0n) is 31.8. The second-order valence-corrected chi connectivity index (χ2v) is 16.8. The van der Waals surface area contributed by atoms with Gasteiger partial charge in [0.15, 0.2) is 5.71 Å². The van der Waals surface area contributed by atoms with E-state index in [0.717, 1.165) is 25.1 Å². The van der Waals surface area contributed by atoms with Crippen molar-refractivity contribution in [2.24, 2.45) is 5.41 Å². The molecular formula is C49H51N2O+. The highest BCUT2D eigenvalue weighted by atomic mass is 16.5. The van der Waals surface area contributed by atoms with Crippen LogP contribution in [0.4, 0.5) is 11.4 Å². The van der Waals surface area contributed by atoms with Gasteiger partial charge in [-0.25, -0.2) is 0 Å². The molecule has 0 atom stereocenters. The molecule has 0 radical (unpaired) electrons. The van der Waals surface area contributed by atoms with E-state index in [1.165, 1.54) is 67.0 Å². The van der Waals surface area contributed by atoms with Crippen molar-refractivity contribution in [2.75, 3.05) is 25.1 Å². The third kappa shape index (κ3) is 6.11. The van der Waals surface area contributed by atoms with E-state index in [4.69, 9.17) is 4.74 Å². The molecule has 0 N–H and O–H groups in total. The second kappa shape index (κ2) is 12.8. The zero-order chi connectivity index (χ0) is 36.3. The van der Waals surface area contributed by atoms with Gasteiger partial charge in [-0.2, -0.15) is 4.58 Å². The lowest BCUT2D eigenvalue weighted by molar-refractivity contribution is -0.401. The lowest BCUT2D eigenvalue weighted by Gasteiger charge is -2.33. The van der Waals surface area contributed by atoms with Gasteiger partial charge in [0.05, 0.1) is 12.0 Å². The molecule has 3 heteroatoms. The molecule has 1 aliphatic carbocycles. The van der Waals surface area contributed by atoms with Gasteiger partial charge in [-0.1, -0.05) is 119 Å². The number of fused-ring (bicyclic) bond motifs is 3. The van der Waals surface area contributed by atoms with Crippen LogP contribution in [0.5, 0.6) is 5.75 Å². The molecule has 0 bridgehead atoms. The first kappa shape index (κ1) is 34.0. The van der Waals surface area contributed by atoms with Gasteiger partial charge in [-0.3, -0.25) is 0 Å². The smallest absolute Gasteiger partial charge is 0.210 e. The number of benzene rings is 5. The van der Waals surface area contributed by atoms with Gasteiger partial charge in [-0.15, -0.1) is 0 Å². The van der Waals surface area contributed by atoms with Crippen molar-refractivity contribution in [1.82, 2.24) is 0 Å². The van der Waals surface area contributed by atoms with Gasteiger partial charge in [0.1, 0.15) is 19.4 Å². The second-order valence-electron chi connectivity index (χ2n) is 16.8. The third-order valence-corrected chi connectivity index (χ3v) is 11.6. The molecule has 2 aliphatic heterocycles. The first-order valence-corrected chi connectivity index (χ1v) is 18.8. The normalized spacial score (nSPS) is 20.0. The number of anilines is 1. The number of hydrogen-bond acceptors (Lipinski definition) is 2. The molecule has 5 aromatic rings. The minimum absolute atomic E-state index is 0.101. The summed E-state index contributed by atoms with van der Waals surface area (Å²) in [5.41, 5.74) is 13.2. The number of rotatable bonds is 7. The van der Waals surface area contributed by atoms with E-state index < -0.39 is 0 Å². The van der Waals surface area contributed by atoms with Crippen LogP contribution in [-0.4, -0.2) is 30.5 Å². The minimum Gasteiger partial charge on any atom is -0.492 e. The summed E-state index contributed by atoms with van der Waals surface area (Å²) in [6.07, 6.45) is 9.57. The maximum atomic E-state index is 6.31. The molecule has 0 spiro atoms. The largest absolute Gasteiger partial charge is 0.492 e. The molecule has 0 unspecified atom stereocenters. The Bertz CT molecular complexity index is 2300. The molecule has 3 nitrogen and oxygen atoms in total. The van der Waals surface area contributed by atoms with Crippen molar-refractivity contribution in [3.63, 3.8) is 0 Å². The first-order chi connectivity index (χ1) is 24.9. The van der Waals surface area contributed by atoms with E-state index in [1.54, 1.807) is 0 Å². The summed E-state index contributed by atoms with van der Waals surface area (Å²) in [5, 5.41) is 2.60. The molecule has 0 amide bonds. The number of para-hydroxylation sites is 1. The summed E-state index contributed by atoms with van der Waals surface area (Å²) in [7, 11) is 2.24. The van der Waals surface area contributed by atoms with Crippen molar-refractivity contribution >= 4 is 27.9 Å². The maximum Gasteiger partial charge on any atom is 0.210 e. The molecule has 52 heavy (non-hydrogen) atoms. The fourth-order valence-electron chi connectivity index (χ4n) is 8.98. The Morgan fingerprint density at radius 3 is 2.08 bits per heavy atom. The fourth-order valence-corrected chi connectivity index (χ4v) is 8.98. The van der Waals surface area contributed by atoms with Gasteiger partial charge >= 0.3 is 0 Å². The summed E-state index contributed by atoms with van der Waals surface area (Å²) in [4.78, 5) is 2.53. The standard InChI is InChI=1S/C49H51N2O/c1-47(2)32-34(27-45-49(5,6)42-29-37-18-14-15-19-38(37)30-43(42)50(45)7)26-35(33-47)28-46-48(3,4)41-23-22-39(36-16-10-8-11-17-36)31-44(41)51(46)24-25-52-40-20-12-9-13-21-40/h8-23,26-31H,24-25,32-33H2,1-7H3/q+1. The summed E-state index contributed by atoms with van der Waals surface area (Å²) in [5.74, 6) is 0.906. The quantitative estimate of drug-likeness (QED) is 0.159.